The Morgan fingerprint density at radius 2 is 1.34 bits per heavy atom. The van der Waals surface area contributed by atoms with Crippen LogP contribution in [0.25, 0.3) is 0 Å². The monoisotopic (exact) mass is 457 g/mol. The third-order valence-corrected chi connectivity index (χ3v) is 8.39. The molecule has 0 amide bonds. The molecule has 0 aromatic rings. The van der Waals surface area contributed by atoms with Crippen molar-refractivity contribution in [3.63, 3.8) is 0 Å². The molecule has 3 N–H and O–H groups in total. The SMILES string of the molecule is CCCC(CCS(=O)(=O)O)OCC(CC)(CC)CCC(CC)(CC)CS(N)(=O)=O. The van der Waals surface area contributed by atoms with Gasteiger partial charge >= 0.3 is 0 Å². The summed E-state index contributed by atoms with van der Waals surface area (Å²) in [5.74, 6) is -0.309. The van der Waals surface area contributed by atoms with Gasteiger partial charge in [0.05, 0.1) is 24.2 Å². The Morgan fingerprint density at radius 1 is 0.862 bits per heavy atom. The van der Waals surface area contributed by atoms with E-state index in [1.807, 2.05) is 20.8 Å². The van der Waals surface area contributed by atoms with E-state index >= 15 is 0 Å². The number of primary sulfonamides is 1. The summed E-state index contributed by atoms with van der Waals surface area (Å²) in [6.07, 6.45) is 6.51. The molecule has 0 rings (SSSR count). The zero-order valence-corrected chi connectivity index (χ0v) is 20.6. The predicted molar refractivity (Wildman–Crippen MR) is 119 cm³/mol. The van der Waals surface area contributed by atoms with Gasteiger partial charge in [-0.25, -0.2) is 13.6 Å². The third-order valence-electron chi connectivity index (χ3n) is 6.63. The van der Waals surface area contributed by atoms with Crippen molar-refractivity contribution in [1.29, 1.82) is 0 Å². The van der Waals surface area contributed by atoms with Gasteiger partial charge in [0.15, 0.2) is 0 Å². The van der Waals surface area contributed by atoms with Gasteiger partial charge in [-0.15, -0.1) is 0 Å². The minimum atomic E-state index is -4.00. The second kappa shape index (κ2) is 12.6. The summed E-state index contributed by atoms with van der Waals surface area (Å²) in [6.45, 7) is 10.8. The van der Waals surface area contributed by atoms with Crippen LogP contribution in [0.15, 0.2) is 0 Å². The molecule has 0 bridgehead atoms. The molecule has 0 aliphatic heterocycles. The van der Waals surface area contributed by atoms with Gasteiger partial charge in [-0.3, -0.25) is 4.55 Å². The van der Waals surface area contributed by atoms with E-state index in [0.29, 0.717) is 6.61 Å². The minimum absolute atomic E-state index is 0.00974. The van der Waals surface area contributed by atoms with Crippen LogP contribution in [-0.4, -0.2) is 45.6 Å². The molecule has 0 aliphatic rings. The first-order valence-corrected chi connectivity index (χ1v) is 14.2. The standard InChI is InChI=1S/C20H43NO6S2/c1-6-11-18(12-15-29(24,25)26)27-16-19(7-2,8-3)13-14-20(9-4,10-5)17-28(21,22)23/h18H,6-17H2,1-5H3,(H2,21,22,23)(H,24,25,26). The van der Waals surface area contributed by atoms with E-state index in [4.69, 9.17) is 14.4 Å². The van der Waals surface area contributed by atoms with Crippen LogP contribution in [0.5, 0.6) is 0 Å². The zero-order valence-electron chi connectivity index (χ0n) is 18.9. The van der Waals surface area contributed by atoms with Crippen molar-refractivity contribution >= 4 is 20.1 Å². The van der Waals surface area contributed by atoms with Gasteiger partial charge in [0, 0.05) is 0 Å². The molecule has 7 nitrogen and oxygen atoms in total. The van der Waals surface area contributed by atoms with E-state index < -0.39 is 20.1 Å². The maximum Gasteiger partial charge on any atom is 0.264 e. The smallest absolute Gasteiger partial charge is 0.264 e. The van der Waals surface area contributed by atoms with Crippen molar-refractivity contribution in [3.8, 4) is 0 Å². The molecule has 0 spiro atoms. The van der Waals surface area contributed by atoms with Crippen LogP contribution in [-0.2, 0) is 24.9 Å². The van der Waals surface area contributed by atoms with Crippen molar-refractivity contribution in [2.24, 2.45) is 16.0 Å². The number of hydrogen-bond acceptors (Lipinski definition) is 5. The molecular weight excluding hydrogens is 414 g/mol. The predicted octanol–water partition coefficient (Wildman–Crippen LogP) is 4.13. The summed E-state index contributed by atoms with van der Waals surface area (Å²) in [4.78, 5) is 0. The maximum absolute atomic E-state index is 11.8. The average molecular weight is 458 g/mol. The molecule has 0 heterocycles. The van der Waals surface area contributed by atoms with E-state index in [2.05, 4.69) is 13.8 Å². The lowest BCUT2D eigenvalue weighted by molar-refractivity contribution is -0.0269. The van der Waals surface area contributed by atoms with Crippen LogP contribution in [0, 0.1) is 10.8 Å². The molecule has 0 aromatic heterocycles. The minimum Gasteiger partial charge on any atom is -0.378 e. The van der Waals surface area contributed by atoms with Crippen molar-refractivity contribution in [3.05, 3.63) is 0 Å². The molecule has 9 heteroatoms. The highest BCUT2D eigenvalue weighted by molar-refractivity contribution is 7.89. The van der Waals surface area contributed by atoms with Gasteiger partial charge in [0.1, 0.15) is 0 Å². The summed E-state index contributed by atoms with van der Waals surface area (Å²) in [6, 6.07) is 0. The van der Waals surface area contributed by atoms with Gasteiger partial charge in [-0.1, -0.05) is 41.0 Å². The Labute approximate surface area is 179 Å². The Bertz CT molecular complexity index is 652. The van der Waals surface area contributed by atoms with Gasteiger partial charge in [0.2, 0.25) is 10.0 Å². The van der Waals surface area contributed by atoms with Crippen molar-refractivity contribution in [2.45, 2.75) is 98.5 Å². The van der Waals surface area contributed by atoms with Gasteiger partial charge < -0.3 is 4.74 Å². The Kier molecular flexibility index (Phi) is 12.5. The van der Waals surface area contributed by atoms with Crippen LogP contribution in [0.3, 0.4) is 0 Å². The second-order valence-corrected chi connectivity index (χ2v) is 11.7. The molecule has 0 aromatic carbocycles. The molecule has 1 unspecified atom stereocenters. The number of nitrogens with two attached hydrogens (primary N) is 1. The van der Waals surface area contributed by atoms with E-state index in [0.717, 1.165) is 51.4 Å². The summed E-state index contributed by atoms with van der Waals surface area (Å²) in [7, 11) is -7.56. The zero-order chi connectivity index (χ0) is 22.8. The van der Waals surface area contributed by atoms with Gasteiger partial charge in [0.25, 0.3) is 10.1 Å². The first-order valence-electron chi connectivity index (χ1n) is 10.9. The third kappa shape index (κ3) is 11.7. The van der Waals surface area contributed by atoms with Crippen molar-refractivity contribution in [1.82, 2.24) is 0 Å². The largest absolute Gasteiger partial charge is 0.378 e. The number of rotatable bonds is 17. The van der Waals surface area contributed by atoms with E-state index in [1.165, 1.54) is 0 Å². The average Bonchev–Trinajstić information content (AvgIpc) is 2.63. The molecule has 0 aliphatic carbocycles. The van der Waals surface area contributed by atoms with Crippen LogP contribution in [0.1, 0.15) is 92.4 Å². The number of ether oxygens (including phenoxy) is 1. The summed E-state index contributed by atoms with van der Waals surface area (Å²) in [5, 5.41) is 5.36. The van der Waals surface area contributed by atoms with E-state index in [-0.39, 0.29) is 34.9 Å². The van der Waals surface area contributed by atoms with Crippen LogP contribution in [0.2, 0.25) is 0 Å². The Balaban J connectivity index is 5.22. The molecular formula is C20H43NO6S2. The van der Waals surface area contributed by atoms with Gasteiger partial charge in [-0.05, 0) is 62.2 Å². The molecule has 0 fully saturated rings. The molecule has 0 saturated carbocycles. The highest BCUT2D eigenvalue weighted by Crippen LogP contribution is 2.41. The van der Waals surface area contributed by atoms with Gasteiger partial charge in [-0.2, -0.15) is 8.42 Å². The second-order valence-electron chi connectivity index (χ2n) is 8.52. The lowest BCUT2D eigenvalue weighted by atomic mass is 9.71. The molecule has 176 valence electrons. The van der Waals surface area contributed by atoms with E-state index in [1.54, 1.807) is 0 Å². The maximum atomic E-state index is 11.8. The first-order chi connectivity index (χ1) is 13.3. The fraction of sp³-hybridized carbons (Fsp3) is 1.00. The molecule has 0 radical (unpaired) electrons. The first kappa shape index (κ1) is 28.8. The Hall–Kier alpha value is -0.220. The van der Waals surface area contributed by atoms with E-state index in [9.17, 15) is 16.8 Å². The van der Waals surface area contributed by atoms with Crippen LogP contribution < -0.4 is 5.14 Å². The highest BCUT2D eigenvalue weighted by atomic mass is 32.2. The molecule has 29 heavy (non-hydrogen) atoms. The fourth-order valence-electron chi connectivity index (χ4n) is 3.92. The van der Waals surface area contributed by atoms with Crippen LogP contribution >= 0.6 is 0 Å². The molecule has 1 atom stereocenters. The molecule has 0 saturated heterocycles. The Morgan fingerprint density at radius 3 is 1.72 bits per heavy atom. The van der Waals surface area contributed by atoms with Crippen molar-refractivity contribution in [2.75, 3.05) is 18.1 Å². The fourth-order valence-corrected chi connectivity index (χ4v) is 5.89. The number of hydrogen-bond donors (Lipinski definition) is 2. The lowest BCUT2D eigenvalue weighted by Crippen LogP contribution is -2.36. The van der Waals surface area contributed by atoms with Crippen LogP contribution in [0.4, 0.5) is 0 Å². The quantitative estimate of drug-likeness (QED) is 0.316. The van der Waals surface area contributed by atoms with Crippen molar-refractivity contribution < 1.29 is 26.1 Å². The summed E-state index contributed by atoms with van der Waals surface area (Å²) in [5.41, 5.74) is -0.436. The number of sulfonamides is 1. The summed E-state index contributed by atoms with van der Waals surface area (Å²) >= 11 is 0. The highest BCUT2D eigenvalue weighted by Gasteiger charge is 2.35. The normalized spacial score (nSPS) is 14.9. The summed E-state index contributed by atoms with van der Waals surface area (Å²) < 4.78 is 60.9. The topological polar surface area (TPSA) is 124 Å². The lowest BCUT2D eigenvalue weighted by Gasteiger charge is -2.38.